The van der Waals surface area contributed by atoms with Crippen molar-refractivity contribution in [3.05, 3.63) is 35.4 Å². The van der Waals surface area contributed by atoms with Crippen LogP contribution >= 0.6 is 0 Å². The molecular formula is C17H26N2O2. The van der Waals surface area contributed by atoms with Crippen LogP contribution in [0.3, 0.4) is 0 Å². The molecule has 1 aromatic carbocycles. The first-order valence-corrected chi connectivity index (χ1v) is 7.73. The van der Waals surface area contributed by atoms with Crippen LogP contribution in [0.4, 0.5) is 0 Å². The minimum absolute atomic E-state index is 0.353. The Kier molecular flexibility index (Phi) is 8.17. The van der Waals surface area contributed by atoms with Crippen molar-refractivity contribution < 1.29 is 10.4 Å². The number of hydrogen-bond acceptors (Lipinski definition) is 4. The summed E-state index contributed by atoms with van der Waals surface area (Å²) < 4.78 is 0. The molecule has 0 spiro atoms. The van der Waals surface area contributed by atoms with Crippen LogP contribution in [0.2, 0.25) is 0 Å². The third-order valence-corrected chi connectivity index (χ3v) is 3.59. The van der Waals surface area contributed by atoms with Gasteiger partial charge in [0.15, 0.2) is 0 Å². The number of nitrogens with zero attached hydrogens (tertiary/aromatic N) is 2. The fourth-order valence-corrected chi connectivity index (χ4v) is 2.28. The highest BCUT2D eigenvalue weighted by molar-refractivity contribution is 6.48. The zero-order chi connectivity index (χ0) is 15.5. The lowest BCUT2D eigenvalue weighted by Crippen LogP contribution is -2.16. The summed E-state index contributed by atoms with van der Waals surface area (Å²) in [5.74, 6) is 0. The molecule has 116 valence electrons. The number of rotatable bonds is 9. The molecule has 4 heteroatoms. The van der Waals surface area contributed by atoms with Crippen LogP contribution in [0.15, 0.2) is 34.6 Å². The number of unbranched alkanes of at least 4 members (excludes halogenated alkanes) is 5. The molecule has 0 heterocycles. The van der Waals surface area contributed by atoms with Gasteiger partial charge < -0.3 is 10.4 Å². The summed E-state index contributed by atoms with van der Waals surface area (Å²) in [7, 11) is 0. The Bertz CT molecular complexity index is 464. The molecule has 0 aromatic heterocycles. The Balaban J connectivity index is 2.55. The van der Waals surface area contributed by atoms with Gasteiger partial charge in [0.05, 0.1) is 0 Å². The highest BCUT2D eigenvalue weighted by Crippen LogP contribution is 2.12. The van der Waals surface area contributed by atoms with E-state index in [1.165, 1.54) is 25.7 Å². The highest BCUT2D eigenvalue weighted by Gasteiger charge is 2.13. The first-order valence-electron chi connectivity index (χ1n) is 7.73. The lowest BCUT2D eigenvalue weighted by molar-refractivity contribution is 0.313. The fourth-order valence-electron chi connectivity index (χ4n) is 2.28. The van der Waals surface area contributed by atoms with E-state index in [2.05, 4.69) is 17.2 Å². The second kappa shape index (κ2) is 9.97. The van der Waals surface area contributed by atoms with E-state index in [1.54, 1.807) is 0 Å². The van der Waals surface area contributed by atoms with Gasteiger partial charge in [0.1, 0.15) is 11.4 Å². The number of oxime groups is 2. The zero-order valence-electron chi connectivity index (χ0n) is 13.0. The average molecular weight is 290 g/mol. The Hall–Kier alpha value is -1.84. The van der Waals surface area contributed by atoms with Crippen LogP contribution in [0.25, 0.3) is 0 Å². The van der Waals surface area contributed by atoms with Crippen LogP contribution in [0.5, 0.6) is 0 Å². The van der Waals surface area contributed by atoms with Gasteiger partial charge in [-0.05, 0) is 19.8 Å². The van der Waals surface area contributed by atoms with Crippen LogP contribution < -0.4 is 0 Å². The Morgan fingerprint density at radius 2 is 1.52 bits per heavy atom. The zero-order valence-corrected chi connectivity index (χ0v) is 13.0. The third-order valence-electron chi connectivity index (χ3n) is 3.59. The average Bonchev–Trinajstić information content (AvgIpc) is 2.51. The fraction of sp³-hybridized carbons (Fsp3) is 0.529. The van der Waals surface area contributed by atoms with E-state index >= 15 is 0 Å². The SMILES string of the molecule is CCCCCCCCC(=NO)C(=NO)c1ccc(C)cc1. The largest absolute Gasteiger partial charge is 0.411 e. The molecule has 1 aromatic rings. The summed E-state index contributed by atoms with van der Waals surface area (Å²) in [5, 5.41) is 25.0. The van der Waals surface area contributed by atoms with Gasteiger partial charge in [-0.3, -0.25) is 0 Å². The number of benzene rings is 1. The normalized spacial score (nSPS) is 12.7. The summed E-state index contributed by atoms with van der Waals surface area (Å²) in [6.07, 6.45) is 7.62. The standard InChI is InChI=1S/C17H26N2O2/c1-3-4-5-6-7-8-9-16(18-20)17(19-21)15-12-10-14(2)11-13-15/h10-13,20-21H,3-9H2,1-2H3. The Morgan fingerprint density at radius 1 is 0.905 bits per heavy atom. The molecule has 0 bridgehead atoms. The van der Waals surface area contributed by atoms with Gasteiger partial charge in [-0.2, -0.15) is 0 Å². The molecule has 0 unspecified atom stereocenters. The molecule has 0 radical (unpaired) electrons. The minimum Gasteiger partial charge on any atom is -0.411 e. The predicted octanol–water partition coefficient (Wildman–Crippen LogP) is 4.75. The van der Waals surface area contributed by atoms with E-state index in [1.807, 2.05) is 31.2 Å². The first kappa shape index (κ1) is 17.2. The topological polar surface area (TPSA) is 65.2 Å². The molecule has 0 saturated carbocycles. The summed E-state index contributed by atoms with van der Waals surface area (Å²) in [4.78, 5) is 0. The van der Waals surface area contributed by atoms with Crippen molar-refractivity contribution in [2.45, 2.75) is 58.8 Å². The quantitative estimate of drug-likeness (QED) is 0.298. The van der Waals surface area contributed by atoms with E-state index in [0.29, 0.717) is 17.8 Å². The number of aryl methyl sites for hydroxylation is 1. The second-order valence-corrected chi connectivity index (χ2v) is 5.38. The van der Waals surface area contributed by atoms with Gasteiger partial charge in [0.2, 0.25) is 0 Å². The maximum Gasteiger partial charge on any atom is 0.134 e. The minimum atomic E-state index is 0.353. The van der Waals surface area contributed by atoms with Crippen molar-refractivity contribution >= 4 is 11.4 Å². The Morgan fingerprint density at radius 3 is 2.10 bits per heavy atom. The summed E-state index contributed by atoms with van der Waals surface area (Å²) in [6, 6.07) is 7.63. The van der Waals surface area contributed by atoms with Crippen LogP contribution in [-0.2, 0) is 0 Å². The van der Waals surface area contributed by atoms with Crippen molar-refractivity contribution in [1.82, 2.24) is 0 Å². The van der Waals surface area contributed by atoms with Crippen LogP contribution in [0, 0.1) is 6.92 Å². The molecule has 0 atom stereocenters. The van der Waals surface area contributed by atoms with Crippen molar-refractivity contribution in [2.24, 2.45) is 10.3 Å². The van der Waals surface area contributed by atoms with E-state index in [9.17, 15) is 10.4 Å². The molecule has 4 nitrogen and oxygen atoms in total. The van der Waals surface area contributed by atoms with Crippen molar-refractivity contribution in [2.75, 3.05) is 0 Å². The molecule has 0 aliphatic carbocycles. The van der Waals surface area contributed by atoms with Gasteiger partial charge in [-0.25, -0.2) is 0 Å². The summed E-state index contributed by atoms with van der Waals surface area (Å²) >= 11 is 0. The lowest BCUT2D eigenvalue weighted by Gasteiger charge is -2.07. The molecule has 0 amide bonds. The van der Waals surface area contributed by atoms with Gasteiger partial charge in [0.25, 0.3) is 0 Å². The summed E-state index contributed by atoms with van der Waals surface area (Å²) in [5.41, 5.74) is 2.69. The maximum absolute atomic E-state index is 9.22. The smallest absolute Gasteiger partial charge is 0.134 e. The molecule has 21 heavy (non-hydrogen) atoms. The second-order valence-electron chi connectivity index (χ2n) is 5.38. The van der Waals surface area contributed by atoms with Crippen molar-refractivity contribution in [3.63, 3.8) is 0 Å². The van der Waals surface area contributed by atoms with E-state index in [0.717, 1.165) is 24.0 Å². The van der Waals surface area contributed by atoms with Crippen LogP contribution in [-0.4, -0.2) is 21.8 Å². The molecule has 0 fully saturated rings. The van der Waals surface area contributed by atoms with Crippen molar-refractivity contribution in [3.8, 4) is 0 Å². The maximum atomic E-state index is 9.22. The van der Waals surface area contributed by atoms with Gasteiger partial charge in [0, 0.05) is 5.56 Å². The molecule has 2 N–H and O–H groups in total. The van der Waals surface area contributed by atoms with Crippen molar-refractivity contribution in [1.29, 1.82) is 0 Å². The van der Waals surface area contributed by atoms with Gasteiger partial charge in [-0.15, -0.1) is 0 Å². The number of hydrogen-bond donors (Lipinski definition) is 2. The molecule has 1 rings (SSSR count). The molecule has 0 saturated heterocycles. The van der Waals surface area contributed by atoms with Gasteiger partial charge >= 0.3 is 0 Å². The van der Waals surface area contributed by atoms with Crippen LogP contribution in [0.1, 0.15) is 63.0 Å². The van der Waals surface area contributed by atoms with E-state index in [-0.39, 0.29) is 0 Å². The third kappa shape index (κ3) is 5.98. The predicted molar refractivity (Wildman–Crippen MR) is 86.7 cm³/mol. The lowest BCUT2D eigenvalue weighted by atomic mass is 10.00. The van der Waals surface area contributed by atoms with E-state index < -0.39 is 0 Å². The van der Waals surface area contributed by atoms with Gasteiger partial charge in [-0.1, -0.05) is 79.2 Å². The van der Waals surface area contributed by atoms with E-state index in [4.69, 9.17) is 0 Å². The molecule has 0 aliphatic heterocycles. The first-order chi connectivity index (χ1) is 10.2. The highest BCUT2D eigenvalue weighted by atomic mass is 16.4. The monoisotopic (exact) mass is 290 g/mol. The Labute approximate surface area is 127 Å². The summed E-state index contributed by atoms with van der Waals surface area (Å²) in [6.45, 7) is 4.19. The molecule has 0 aliphatic rings. The molecular weight excluding hydrogens is 264 g/mol.